The first-order chi connectivity index (χ1) is 9.38. The van der Waals surface area contributed by atoms with Crippen molar-refractivity contribution in [2.45, 2.75) is 45.3 Å². The maximum Gasteiger partial charge on any atom is 0.416 e. The molecule has 0 amide bonds. The van der Waals surface area contributed by atoms with Crippen LogP contribution in [0.25, 0.3) is 11.0 Å². The number of nitrogens with one attached hydrogen (secondary N) is 1. The number of hydrogen-bond donors (Lipinski definition) is 1. The Morgan fingerprint density at radius 2 is 2.00 bits per heavy atom. The molecule has 0 aliphatic heterocycles. The Balaban J connectivity index is 2.58. The van der Waals surface area contributed by atoms with Crippen LogP contribution in [0.2, 0.25) is 0 Å². The van der Waals surface area contributed by atoms with Gasteiger partial charge in [-0.25, -0.2) is 0 Å². The van der Waals surface area contributed by atoms with Gasteiger partial charge in [-0.1, -0.05) is 20.3 Å². The van der Waals surface area contributed by atoms with Crippen LogP contribution in [0, 0.1) is 4.77 Å². The Labute approximate surface area is 120 Å². The van der Waals surface area contributed by atoms with Gasteiger partial charge in [-0.05, 0) is 43.3 Å². The molecule has 0 fully saturated rings. The van der Waals surface area contributed by atoms with Crippen LogP contribution in [0.5, 0.6) is 0 Å². The Bertz CT molecular complexity index is 654. The normalized spacial score (nSPS) is 13.8. The van der Waals surface area contributed by atoms with Crippen molar-refractivity contribution in [1.82, 2.24) is 9.55 Å². The first-order valence-corrected chi connectivity index (χ1v) is 7.10. The molecule has 0 aliphatic rings. The van der Waals surface area contributed by atoms with E-state index < -0.39 is 11.7 Å². The smallest absolute Gasteiger partial charge is 0.331 e. The maximum atomic E-state index is 12.7. The zero-order valence-corrected chi connectivity index (χ0v) is 12.2. The van der Waals surface area contributed by atoms with Crippen LogP contribution < -0.4 is 0 Å². The van der Waals surface area contributed by atoms with Crippen molar-refractivity contribution < 1.29 is 13.2 Å². The third kappa shape index (κ3) is 2.75. The zero-order valence-electron chi connectivity index (χ0n) is 11.4. The number of nitrogens with zero attached hydrogens (tertiary/aromatic N) is 1. The van der Waals surface area contributed by atoms with Gasteiger partial charge in [-0.3, -0.25) is 0 Å². The van der Waals surface area contributed by atoms with Crippen molar-refractivity contribution in [2.75, 3.05) is 0 Å². The van der Waals surface area contributed by atoms with Crippen LogP contribution in [0.4, 0.5) is 13.2 Å². The summed E-state index contributed by atoms with van der Waals surface area (Å²) in [6.07, 6.45) is -1.47. The van der Waals surface area contributed by atoms with E-state index in [1.807, 2.05) is 4.57 Å². The van der Waals surface area contributed by atoms with Gasteiger partial charge in [-0.15, -0.1) is 0 Å². The molecule has 0 spiro atoms. The zero-order chi connectivity index (χ0) is 14.9. The molecule has 0 saturated heterocycles. The Hall–Kier alpha value is -1.30. The molecule has 2 aromatic rings. The molecule has 0 saturated carbocycles. The van der Waals surface area contributed by atoms with Gasteiger partial charge in [0.25, 0.3) is 0 Å². The van der Waals surface area contributed by atoms with E-state index in [0.717, 1.165) is 36.9 Å². The summed E-state index contributed by atoms with van der Waals surface area (Å²) in [5.74, 6) is 0. The monoisotopic (exact) mass is 302 g/mol. The molecule has 20 heavy (non-hydrogen) atoms. The van der Waals surface area contributed by atoms with E-state index in [0.29, 0.717) is 10.3 Å². The molecular weight excluding hydrogens is 285 g/mol. The molecule has 1 aromatic heterocycles. The van der Waals surface area contributed by atoms with Crippen molar-refractivity contribution in [3.63, 3.8) is 0 Å². The van der Waals surface area contributed by atoms with Crippen molar-refractivity contribution in [1.29, 1.82) is 0 Å². The highest BCUT2D eigenvalue weighted by Gasteiger charge is 2.31. The van der Waals surface area contributed by atoms with E-state index in [1.54, 1.807) is 0 Å². The molecule has 2 rings (SSSR count). The van der Waals surface area contributed by atoms with Gasteiger partial charge in [0.15, 0.2) is 4.77 Å². The second-order valence-electron chi connectivity index (χ2n) is 4.88. The highest BCUT2D eigenvalue weighted by Crippen LogP contribution is 2.32. The first kappa shape index (κ1) is 15.1. The fourth-order valence-corrected chi connectivity index (χ4v) is 2.88. The van der Waals surface area contributed by atoms with E-state index in [2.05, 4.69) is 18.8 Å². The van der Waals surface area contributed by atoms with Gasteiger partial charge in [0.1, 0.15) is 0 Å². The largest absolute Gasteiger partial charge is 0.416 e. The predicted octanol–water partition coefficient (Wildman–Crippen LogP) is 5.47. The second-order valence-corrected chi connectivity index (χ2v) is 5.27. The number of H-pyrrole nitrogens is 1. The summed E-state index contributed by atoms with van der Waals surface area (Å²) in [5.41, 5.74) is 0.527. The van der Waals surface area contributed by atoms with E-state index >= 15 is 0 Å². The third-order valence-electron chi connectivity index (χ3n) is 3.50. The molecular formula is C14H17F3N2S. The van der Waals surface area contributed by atoms with Crippen LogP contribution in [-0.4, -0.2) is 9.55 Å². The molecule has 1 aromatic carbocycles. The van der Waals surface area contributed by atoms with Crippen LogP contribution in [0.15, 0.2) is 18.2 Å². The molecule has 1 unspecified atom stereocenters. The van der Waals surface area contributed by atoms with E-state index in [4.69, 9.17) is 12.2 Å². The lowest BCUT2D eigenvalue weighted by molar-refractivity contribution is -0.137. The van der Waals surface area contributed by atoms with Gasteiger partial charge in [-0.2, -0.15) is 13.2 Å². The van der Waals surface area contributed by atoms with Gasteiger partial charge < -0.3 is 9.55 Å². The second kappa shape index (κ2) is 5.60. The van der Waals surface area contributed by atoms with Crippen LogP contribution >= 0.6 is 12.2 Å². The van der Waals surface area contributed by atoms with Crippen LogP contribution in [0.3, 0.4) is 0 Å². The Kier molecular flexibility index (Phi) is 4.22. The number of benzene rings is 1. The van der Waals surface area contributed by atoms with Gasteiger partial charge in [0.2, 0.25) is 0 Å². The number of imidazole rings is 1. The summed E-state index contributed by atoms with van der Waals surface area (Å²) < 4.78 is 40.6. The Morgan fingerprint density at radius 1 is 1.30 bits per heavy atom. The fraction of sp³-hybridized carbons (Fsp3) is 0.500. The minimum Gasteiger partial charge on any atom is -0.331 e. The number of fused-ring (bicyclic) bond motifs is 1. The number of halogens is 3. The molecule has 1 N–H and O–H groups in total. The topological polar surface area (TPSA) is 20.7 Å². The van der Waals surface area contributed by atoms with Crippen LogP contribution in [0.1, 0.15) is 44.7 Å². The lowest BCUT2D eigenvalue weighted by atomic mass is 10.1. The summed E-state index contributed by atoms with van der Waals surface area (Å²) in [6, 6.07) is 3.96. The van der Waals surface area contributed by atoms with Gasteiger partial charge in [0.05, 0.1) is 16.6 Å². The lowest BCUT2D eigenvalue weighted by Crippen LogP contribution is -2.08. The standard InChI is InChI=1S/C14H17F3N2S/c1-3-5-10(4-2)19-12-7-6-9(14(15,16)17)8-11(12)18-13(19)20/h6-8,10H,3-5H2,1-2H3,(H,18,20). The molecule has 1 atom stereocenters. The fourth-order valence-electron chi connectivity index (χ4n) is 2.52. The van der Waals surface area contributed by atoms with Crippen molar-refractivity contribution in [3.05, 3.63) is 28.5 Å². The first-order valence-electron chi connectivity index (χ1n) is 6.70. The SMILES string of the molecule is CCCC(CC)n1c(=S)[nH]c2cc(C(F)(F)F)ccc21. The highest BCUT2D eigenvalue weighted by molar-refractivity contribution is 7.71. The minimum atomic E-state index is -4.33. The number of alkyl halides is 3. The summed E-state index contributed by atoms with van der Waals surface area (Å²) in [6.45, 7) is 4.15. The summed E-state index contributed by atoms with van der Waals surface area (Å²) >= 11 is 5.27. The van der Waals surface area contributed by atoms with E-state index in [-0.39, 0.29) is 6.04 Å². The molecule has 0 radical (unpaired) electrons. The molecule has 2 nitrogen and oxygen atoms in total. The maximum absolute atomic E-state index is 12.7. The molecule has 1 heterocycles. The van der Waals surface area contributed by atoms with Crippen molar-refractivity contribution in [3.8, 4) is 0 Å². The van der Waals surface area contributed by atoms with Gasteiger partial charge >= 0.3 is 6.18 Å². The quantitative estimate of drug-likeness (QED) is 0.743. The highest BCUT2D eigenvalue weighted by atomic mass is 32.1. The average molecular weight is 302 g/mol. The number of aromatic nitrogens is 2. The third-order valence-corrected chi connectivity index (χ3v) is 3.80. The van der Waals surface area contributed by atoms with E-state index in [9.17, 15) is 13.2 Å². The molecule has 110 valence electrons. The molecule has 0 bridgehead atoms. The summed E-state index contributed by atoms with van der Waals surface area (Å²) in [4.78, 5) is 2.89. The number of hydrogen-bond acceptors (Lipinski definition) is 1. The molecule has 6 heteroatoms. The summed E-state index contributed by atoms with van der Waals surface area (Å²) in [7, 11) is 0. The average Bonchev–Trinajstić information content (AvgIpc) is 2.70. The van der Waals surface area contributed by atoms with Crippen LogP contribution in [-0.2, 0) is 6.18 Å². The predicted molar refractivity (Wildman–Crippen MR) is 76.4 cm³/mol. The number of aromatic amines is 1. The van der Waals surface area contributed by atoms with Crippen molar-refractivity contribution >= 4 is 23.3 Å². The minimum absolute atomic E-state index is 0.220. The van der Waals surface area contributed by atoms with E-state index in [1.165, 1.54) is 6.07 Å². The molecule has 0 aliphatic carbocycles. The van der Waals surface area contributed by atoms with Crippen molar-refractivity contribution in [2.24, 2.45) is 0 Å². The number of rotatable bonds is 4. The Morgan fingerprint density at radius 3 is 2.55 bits per heavy atom. The lowest BCUT2D eigenvalue weighted by Gasteiger charge is -2.17. The summed E-state index contributed by atoms with van der Waals surface area (Å²) in [5, 5.41) is 0. The van der Waals surface area contributed by atoms with Gasteiger partial charge in [0, 0.05) is 6.04 Å².